The summed E-state index contributed by atoms with van der Waals surface area (Å²) < 4.78 is 0.951. The van der Waals surface area contributed by atoms with Gasteiger partial charge in [-0.3, -0.25) is 14.7 Å². The molecule has 0 atom stereocenters. The Kier molecular flexibility index (Phi) is 5.11. The van der Waals surface area contributed by atoms with E-state index in [0.29, 0.717) is 22.3 Å². The van der Waals surface area contributed by atoms with Crippen LogP contribution in [0.4, 0.5) is 5.13 Å². The number of nitrogens with zero attached hydrogens (tertiary/aromatic N) is 3. The summed E-state index contributed by atoms with van der Waals surface area (Å²) in [6, 6.07) is 15.3. The molecule has 0 spiro atoms. The molecular formula is C22H18ClN3OS. The van der Waals surface area contributed by atoms with Gasteiger partial charge in [-0.15, -0.1) is 0 Å². The number of aromatic nitrogens is 2. The molecule has 0 bridgehead atoms. The van der Waals surface area contributed by atoms with Gasteiger partial charge in [-0.1, -0.05) is 46.7 Å². The summed E-state index contributed by atoms with van der Waals surface area (Å²) in [7, 11) is 0. The predicted octanol–water partition coefficient (Wildman–Crippen LogP) is 5.81. The van der Waals surface area contributed by atoms with Crippen LogP contribution in [0.3, 0.4) is 0 Å². The van der Waals surface area contributed by atoms with Gasteiger partial charge in [0.15, 0.2) is 5.13 Å². The van der Waals surface area contributed by atoms with E-state index in [2.05, 4.69) is 9.97 Å². The normalized spacial score (nSPS) is 11.0. The van der Waals surface area contributed by atoms with Gasteiger partial charge in [0.25, 0.3) is 5.91 Å². The molecule has 2 aromatic heterocycles. The number of aryl methyl sites for hydroxylation is 2. The van der Waals surface area contributed by atoms with E-state index < -0.39 is 0 Å². The Morgan fingerprint density at radius 2 is 2.00 bits per heavy atom. The van der Waals surface area contributed by atoms with Gasteiger partial charge < -0.3 is 0 Å². The molecule has 2 aromatic carbocycles. The first-order valence-electron chi connectivity index (χ1n) is 8.85. The molecule has 0 radical (unpaired) electrons. The molecule has 28 heavy (non-hydrogen) atoms. The van der Waals surface area contributed by atoms with Crippen LogP contribution in [0, 0.1) is 13.8 Å². The molecule has 0 saturated heterocycles. The molecule has 6 heteroatoms. The predicted molar refractivity (Wildman–Crippen MR) is 115 cm³/mol. The summed E-state index contributed by atoms with van der Waals surface area (Å²) >= 11 is 7.58. The number of benzene rings is 2. The Morgan fingerprint density at radius 3 is 2.75 bits per heavy atom. The second-order valence-corrected chi connectivity index (χ2v) is 8.12. The lowest BCUT2D eigenvalue weighted by molar-refractivity contribution is 0.0984. The minimum absolute atomic E-state index is 0.0773. The number of amides is 1. The van der Waals surface area contributed by atoms with E-state index in [1.807, 2.05) is 62.4 Å². The Bertz CT molecular complexity index is 1160. The van der Waals surface area contributed by atoms with Crippen LogP contribution in [0.2, 0.25) is 5.02 Å². The van der Waals surface area contributed by atoms with Gasteiger partial charge >= 0.3 is 0 Å². The van der Waals surface area contributed by atoms with Crippen LogP contribution in [-0.4, -0.2) is 15.9 Å². The Labute approximate surface area is 172 Å². The van der Waals surface area contributed by atoms with Crippen LogP contribution in [0.1, 0.15) is 27.0 Å². The number of carbonyl (C=O) groups excluding carboxylic acids is 1. The van der Waals surface area contributed by atoms with E-state index >= 15 is 0 Å². The van der Waals surface area contributed by atoms with Gasteiger partial charge in [-0.05, 0) is 55.3 Å². The number of carbonyl (C=O) groups is 1. The highest BCUT2D eigenvalue weighted by atomic mass is 35.5. The van der Waals surface area contributed by atoms with E-state index in [9.17, 15) is 4.79 Å². The molecule has 2 heterocycles. The lowest BCUT2D eigenvalue weighted by Gasteiger charge is -2.21. The molecule has 0 unspecified atom stereocenters. The second kappa shape index (κ2) is 7.70. The molecule has 1 amide bonds. The van der Waals surface area contributed by atoms with Crippen molar-refractivity contribution >= 4 is 44.2 Å². The van der Waals surface area contributed by atoms with Crippen molar-refractivity contribution in [1.82, 2.24) is 9.97 Å². The lowest BCUT2D eigenvalue weighted by atomic mass is 10.0. The molecule has 4 nitrogen and oxygen atoms in total. The number of pyridine rings is 1. The number of thiazole rings is 1. The van der Waals surface area contributed by atoms with Crippen LogP contribution in [0.25, 0.3) is 10.2 Å². The fraction of sp³-hybridized carbons (Fsp3) is 0.136. The fourth-order valence-corrected chi connectivity index (χ4v) is 4.34. The average Bonchev–Trinajstić information content (AvgIpc) is 3.09. The molecule has 0 aliphatic carbocycles. The third-order valence-electron chi connectivity index (χ3n) is 4.49. The molecule has 0 aliphatic heterocycles. The number of fused-ring (bicyclic) bond motifs is 1. The van der Waals surface area contributed by atoms with Gasteiger partial charge in [0.05, 0.1) is 16.8 Å². The van der Waals surface area contributed by atoms with Crippen LogP contribution < -0.4 is 4.90 Å². The lowest BCUT2D eigenvalue weighted by Crippen LogP contribution is -2.31. The highest BCUT2D eigenvalue weighted by Gasteiger charge is 2.23. The zero-order chi connectivity index (χ0) is 19.7. The van der Waals surface area contributed by atoms with Crippen molar-refractivity contribution in [1.29, 1.82) is 0 Å². The first-order chi connectivity index (χ1) is 13.5. The molecule has 0 aliphatic rings. The molecule has 0 saturated carbocycles. The standard InChI is InChI=1S/C22H18ClN3OS/c1-14-5-7-18(15(2)10-14)21(27)26(13-16-4-3-9-24-12-16)22-25-19-8-6-17(23)11-20(19)28-22/h3-12H,13H2,1-2H3. The topological polar surface area (TPSA) is 46.1 Å². The van der Waals surface area contributed by atoms with Gasteiger partial charge in [0, 0.05) is 23.0 Å². The SMILES string of the molecule is Cc1ccc(C(=O)N(Cc2cccnc2)c2nc3ccc(Cl)cc3s2)c(C)c1. The number of rotatable bonds is 4. The van der Waals surface area contributed by atoms with Gasteiger partial charge in [-0.25, -0.2) is 4.98 Å². The van der Waals surface area contributed by atoms with Crippen molar-refractivity contribution in [3.8, 4) is 0 Å². The third kappa shape index (κ3) is 3.77. The smallest absolute Gasteiger partial charge is 0.260 e. The number of hydrogen-bond donors (Lipinski definition) is 0. The molecule has 4 aromatic rings. The quantitative estimate of drug-likeness (QED) is 0.429. The molecule has 140 valence electrons. The number of anilines is 1. The maximum Gasteiger partial charge on any atom is 0.260 e. The average molecular weight is 408 g/mol. The molecule has 4 rings (SSSR count). The Morgan fingerprint density at radius 1 is 1.14 bits per heavy atom. The highest BCUT2D eigenvalue weighted by molar-refractivity contribution is 7.22. The van der Waals surface area contributed by atoms with Crippen molar-refractivity contribution in [2.75, 3.05) is 4.90 Å². The van der Waals surface area contributed by atoms with Gasteiger partial charge in [0.1, 0.15) is 0 Å². The summed E-state index contributed by atoms with van der Waals surface area (Å²) in [5, 5.41) is 1.30. The monoisotopic (exact) mass is 407 g/mol. The van der Waals surface area contributed by atoms with Crippen molar-refractivity contribution < 1.29 is 4.79 Å². The summed E-state index contributed by atoms with van der Waals surface area (Å²) in [6.45, 7) is 4.38. The van der Waals surface area contributed by atoms with Crippen LogP contribution in [-0.2, 0) is 6.54 Å². The van der Waals surface area contributed by atoms with Crippen molar-refractivity contribution in [3.05, 3.63) is 88.2 Å². The van der Waals surface area contributed by atoms with E-state index in [-0.39, 0.29) is 5.91 Å². The Hall–Kier alpha value is -2.76. The largest absolute Gasteiger partial charge is 0.279 e. The van der Waals surface area contributed by atoms with E-state index in [1.165, 1.54) is 11.3 Å². The molecule has 0 N–H and O–H groups in total. The van der Waals surface area contributed by atoms with Gasteiger partial charge in [0.2, 0.25) is 0 Å². The minimum atomic E-state index is -0.0773. The maximum absolute atomic E-state index is 13.5. The summed E-state index contributed by atoms with van der Waals surface area (Å²) in [4.78, 5) is 24.1. The van der Waals surface area contributed by atoms with E-state index in [4.69, 9.17) is 11.6 Å². The van der Waals surface area contributed by atoms with E-state index in [0.717, 1.165) is 26.9 Å². The first-order valence-corrected chi connectivity index (χ1v) is 10.0. The summed E-state index contributed by atoms with van der Waals surface area (Å²) in [6.07, 6.45) is 3.49. The third-order valence-corrected chi connectivity index (χ3v) is 5.77. The van der Waals surface area contributed by atoms with Gasteiger partial charge in [-0.2, -0.15) is 0 Å². The fourth-order valence-electron chi connectivity index (χ4n) is 3.10. The van der Waals surface area contributed by atoms with Crippen LogP contribution >= 0.6 is 22.9 Å². The highest BCUT2D eigenvalue weighted by Crippen LogP contribution is 2.32. The summed E-state index contributed by atoms with van der Waals surface area (Å²) in [5.41, 5.74) is 4.52. The summed E-state index contributed by atoms with van der Waals surface area (Å²) in [5.74, 6) is -0.0773. The zero-order valence-electron chi connectivity index (χ0n) is 15.5. The van der Waals surface area contributed by atoms with Crippen LogP contribution in [0.5, 0.6) is 0 Å². The Balaban J connectivity index is 1.79. The van der Waals surface area contributed by atoms with Crippen LogP contribution in [0.15, 0.2) is 60.9 Å². The number of halogens is 1. The van der Waals surface area contributed by atoms with E-state index in [1.54, 1.807) is 17.3 Å². The number of hydrogen-bond acceptors (Lipinski definition) is 4. The van der Waals surface area contributed by atoms with Crippen molar-refractivity contribution in [2.24, 2.45) is 0 Å². The van der Waals surface area contributed by atoms with Crippen molar-refractivity contribution in [3.63, 3.8) is 0 Å². The molecular weight excluding hydrogens is 390 g/mol. The first kappa shape index (κ1) is 18.6. The zero-order valence-corrected chi connectivity index (χ0v) is 17.1. The maximum atomic E-state index is 13.5. The van der Waals surface area contributed by atoms with Crippen molar-refractivity contribution in [2.45, 2.75) is 20.4 Å². The molecule has 0 fully saturated rings. The minimum Gasteiger partial charge on any atom is -0.279 e. The second-order valence-electron chi connectivity index (χ2n) is 6.68.